The zero-order valence-electron chi connectivity index (χ0n) is 13.0. The monoisotopic (exact) mass is 364 g/mol. The molecule has 0 saturated carbocycles. The number of carbonyl (C=O) groups is 2. The molecule has 0 aliphatic carbocycles. The molecule has 8 nitrogen and oxygen atoms in total. The maximum Gasteiger partial charge on any atom is 0.335 e. The lowest BCUT2D eigenvalue weighted by Crippen LogP contribution is -2.23. The fourth-order valence-electron chi connectivity index (χ4n) is 2.15. The Hall–Kier alpha value is -2.75. The second-order valence-corrected chi connectivity index (χ2v) is 6.58. The minimum Gasteiger partial charge on any atom is -0.478 e. The van der Waals surface area contributed by atoms with Crippen LogP contribution < -0.4 is 11.1 Å². The van der Waals surface area contributed by atoms with E-state index in [2.05, 4.69) is 5.32 Å². The molecule has 132 valence electrons. The van der Waals surface area contributed by atoms with Gasteiger partial charge in [-0.25, -0.2) is 4.79 Å². The highest BCUT2D eigenvalue weighted by atomic mass is 32.2. The quantitative estimate of drug-likeness (QED) is 0.559. The summed E-state index contributed by atoms with van der Waals surface area (Å²) >= 11 is 0. The van der Waals surface area contributed by atoms with E-state index in [9.17, 15) is 22.6 Å². The Balaban J connectivity index is 2.14. The van der Waals surface area contributed by atoms with Gasteiger partial charge in [0.1, 0.15) is 0 Å². The van der Waals surface area contributed by atoms with Crippen molar-refractivity contribution in [3.63, 3.8) is 0 Å². The van der Waals surface area contributed by atoms with Crippen LogP contribution in [-0.2, 0) is 23.2 Å². The molecule has 0 atom stereocenters. The minimum atomic E-state index is -4.50. The van der Waals surface area contributed by atoms with Gasteiger partial charge in [-0.1, -0.05) is 18.2 Å². The van der Waals surface area contributed by atoms with Gasteiger partial charge in [0.25, 0.3) is 16.0 Å². The highest BCUT2D eigenvalue weighted by Crippen LogP contribution is 2.17. The first-order valence-corrected chi connectivity index (χ1v) is 8.57. The second-order valence-electron chi connectivity index (χ2n) is 5.19. The first-order valence-electron chi connectivity index (χ1n) is 7.13. The van der Waals surface area contributed by atoms with Gasteiger partial charge >= 0.3 is 5.97 Å². The third-order valence-corrected chi connectivity index (χ3v) is 4.42. The smallest absolute Gasteiger partial charge is 0.335 e. The van der Waals surface area contributed by atoms with E-state index >= 15 is 0 Å². The van der Waals surface area contributed by atoms with Crippen LogP contribution in [-0.4, -0.2) is 30.0 Å². The summed E-state index contributed by atoms with van der Waals surface area (Å²) in [6.07, 6.45) is 0. The number of carboxylic acid groups (broad SMARTS) is 1. The van der Waals surface area contributed by atoms with Gasteiger partial charge in [-0.3, -0.25) is 9.35 Å². The lowest BCUT2D eigenvalue weighted by Gasteiger charge is -2.09. The number of amides is 1. The first kappa shape index (κ1) is 18.6. The van der Waals surface area contributed by atoms with Crippen LogP contribution >= 0.6 is 0 Å². The van der Waals surface area contributed by atoms with Crippen LogP contribution in [0.2, 0.25) is 0 Å². The highest BCUT2D eigenvalue weighted by Gasteiger charge is 2.17. The van der Waals surface area contributed by atoms with Crippen LogP contribution in [0.5, 0.6) is 0 Å². The largest absolute Gasteiger partial charge is 0.478 e. The van der Waals surface area contributed by atoms with Crippen molar-refractivity contribution in [2.75, 3.05) is 0 Å². The molecule has 0 bridgehead atoms. The first-order chi connectivity index (χ1) is 11.7. The van der Waals surface area contributed by atoms with Gasteiger partial charge in [-0.15, -0.1) is 0 Å². The van der Waals surface area contributed by atoms with E-state index in [-0.39, 0.29) is 29.8 Å². The van der Waals surface area contributed by atoms with Crippen molar-refractivity contribution in [2.45, 2.75) is 18.0 Å². The van der Waals surface area contributed by atoms with Crippen LogP contribution in [0, 0.1) is 0 Å². The fraction of sp³-hybridized carbons (Fsp3) is 0.125. The third kappa shape index (κ3) is 4.63. The standard InChI is InChI=1S/C16H16N2O6S/c17-8-13-6-5-12(7-14(13)25(22,23)24)15(19)18-9-10-1-3-11(4-2-10)16(20)21/h1-7H,8-9,17H2,(H,18,19)(H,20,21)(H,22,23,24). The number of rotatable bonds is 6. The maximum atomic E-state index is 12.2. The molecule has 9 heteroatoms. The molecular weight excluding hydrogens is 348 g/mol. The molecule has 5 N–H and O–H groups in total. The number of aromatic carboxylic acids is 1. The molecule has 0 unspecified atom stereocenters. The third-order valence-electron chi connectivity index (χ3n) is 3.48. The molecular formula is C16H16N2O6S. The average molecular weight is 364 g/mol. The van der Waals surface area contributed by atoms with Crippen molar-refractivity contribution >= 4 is 22.0 Å². The Kier molecular flexibility index (Phi) is 5.52. The van der Waals surface area contributed by atoms with Gasteiger partial charge in [-0.05, 0) is 35.4 Å². The number of hydrogen-bond donors (Lipinski definition) is 4. The van der Waals surface area contributed by atoms with Crippen molar-refractivity contribution in [3.8, 4) is 0 Å². The van der Waals surface area contributed by atoms with E-state index in [1.165, 1.54) is 24.3 Å². The number of hydrogen-bond acceptors (Lipinski definition) is 5. The van der Waals surface area contributed by atoms with E-state index in [0.29, 0.717) is 5.56 Å². The van der Waals surface area contributed by atoms with Crippen molar-refractivity contribution < 1.29 is 27.7 Å². The van der Waals surface area contributed by atoms with Gasteiger partial charge in [-0.2, -0.15) is 8.42 Å². The van der Waals surface area contributed by atoms with Crippen molar-refractivity contribution in [1.82, 2.24) is 5.32 Å². The summed E-state index contributed by atoms with van der Waals surface area (Å²) in [4.78, 5) is 22.5. The predicted molar refractivity (Wildman–Crippen MR) is 88.7 cm³/mol. The van der Waals surface area contributed by atoms with Gasteiger partial charge in [0.2, 0.25) is 0 Å². The van der Waals surface area contributed by atoms with E-state index in [0.717, 1.165) is 6.07 Å². The Morgan fingerprint density at radius 2 is 1.64 bits per heavy atom. The second kappa shape index (κ2) is 7.43. The van der Waals surface area contributed by atoms with Crippen LogP contribution in [0.4, 0.5) is 0 Å². The number of carboxylic acids is 1. The summed E-state index contributed by atoms with van der Waals surface area (Å²) in [6.45, 7) is 0.0194. The summed E-state index contributed by atoms with van der Waals surface area (Å²) < 4.78 is 32.0. The average Bonchev–Trinajstić information content (AvgIpc) is 2.58. The molecule has 0 saturated heterocycles. The molecule has 2 aromatic carbocycles. The molecule has 0 heterocycles. The molecule has 2 rings (SSSR count). The summed E-state index contributed by atoms with van der Waals surface area (Å²) in [7, 11) is -4.50. The van der Waals surface area contributed by atoms with E-state index < -0.39 is 26.9 Å². The van der Waals surface area contributed by atoms with E-state index in [4.69, 9.17) is 10.8 Å². The van der Waals surface area contributed by atoms with Gasteiger partial charge in [0.15, 0.2) is 0 Å². The number of carbonyl (C=O) groups excluding carboxylic acids is 1. The molecule has 0 spiro atoms. The molecule has 0 aliphatic rings. The zero-order chi connectivity index (χ0) is 18.6. The summed E-state index contributed by atoms with van der Waals surface area (Å²) in [6, 6.07) is 9.77. The summed E-state index contributed by atoms with van der Waals surface area (Å²) in [5.41, 5.74) is 6.47. The zero-order valence-corrected chi connectivity index (χ0v) is 13.8. The van der Waals surface area contributed by atoms with Crippen LogP contribution in [0.15, 0.2) is 47.4 Å². The molecule has 0 aromatic heterocycles. The molecule has 0 aliphatic heterocycles. The van der Waals surface area contributed by atoms with E-state index in [1.54, 1.807) is 12.1 Å². The predicted octanol–water partition coefficient (Wildman–Crippen LogP) is 1.02. The van der Waals surface area contributed by atoms with Crippen LogP contribution in [0.25, 0.3) is 0 Å². The Bertz CT molecular complexity index is 907. The number of nitrogens with one attached hydrogen (secondary N) is 1. The fourth-order valence-corrected chi connectivity index (χ4v) is 2.91. The molecule has 0 fully saturated rings. The normalized spacial score (nSPS) is 11.1. The van der Waals surface area contributed by atoms with E-state index in [1.807, 2.05) is 0 Å². The lowest BCUT2D eigenvalue weighted by molar-refractivity contribution is 0.0696. The van der Waals surface area contributed by atoms with Gasteiger partial charge in [0, 0.05) is 18.7 Å². The number of nitrogens with two attached hydrogens (primary N) is 1. The van der Waals surface area contributed by atoms with Gasteiger partial charge < -0.3 is 16.2 Å². The lowest BCUT2D eigenvalue weighted by atomic mass is 10.1. The maximum absolute atomic E-state index is 12.2. The summed E-state index contributed by atoms with van der Waals surface area (Å²) in [5, 5.41) is 11.4. The van der Waals surface area contributed by atoms with Crippen molar-refractivity contribution in [2.24, 2.45) is 5.73 Å². The Labute approximate surface area is 144 Å². The highest BCUT2D eigenvalue weighted by molar-refractivity contribution is 7.85. The summed E-state index contributed by atoms with van der Waals surface area (Å²) in [5.74, 6) is -1.59. The molecule has 25 heavy (non-hydrogen) atoms. The van der Waals surface area contributed by atoms with Crippen molar-refractivity contribution in [1.29, 1.82) is 0 Å². The molecule has 1 amide bonds. The van der Waals surface area contributed by atoms with Gasteiger partial charge in [0.05, 0.1) is 10.5 Å². The Morgan fingerprint density at radius 1 is 1.04 bits per heavy atom. The minimum absolute atomic E-state index is 0.0481. The Morgan fingerprint density at radius 3 is 2.16 bits per heavy atom. The molecule has 0 radical (unpaired) electrons. The topological polar surface area (TPSA) is 147 Å². The molecule has 2 aromatic rings. The SMILES string of the molecule is NCc1ccc(C(=O)NCc2ccc(C(=O)O)cc2)cc1S(=O)(=O)O. The van der Waals surface area contributed by atoms with Crippen molar-refractivity contribution in [3.05, 3.63) is 64.7 Å². The number of benzene rings is 2. The van der Waals surface area contributed by atoms with Crippen LogP contribution in [0.1, 0.15) is 31.8 Å². The van der Waals surface area contributed by atoms with Crippen LogP contribution in [0.3, 0.4) is 0 Å².